The predicted molar refractivity (Wildman–Crippen MR) is 55.8 cm³/mol. The van der Waals surface area contributed by atoms with Gasteiger partial charge in [0.05, 0.1) is 11.6 Å². The third kappa shape index (κ3) is 1.53. The first kappa shape index (κ1) is 9.93. The summed E-state index contributed by atoms with van der Waals surface area (Å²) in [5.41, 5.74) is 6.02. The molecule has 0 amide bonds. The molecule has 0 heterocycles. The first-order chi connectivity index (χ1) is 6.57. The van der Waals surface area contributed by atoms with E-state index < -0.39 is 5.54 Å². The van der Waals surface area contributed by atoms with E-state index in [0.717, 1.165) is 12.8 Å². The van der Waals surface area contributed by atoms with Crippen LogP contribution in [0.5, 0.6) is 5.75 Å². The minimum atomic E-state index is -0.460. The van der Waals surface area contributed by atoms with Gasteiger partial charge in [-0.3, -0.25) is 0 Å². The Hall–Kier alpha value is -0.610. The number of hydrogen-bond donors (Lipinski definition) is 1. The smallest absolute Gasteiger partial charge is 0.133 e. The van der Waals surface area contributed by atoms with Crippen LogP contribution in [-0.4, -0.2) is 7.11 Å². The number of rotatable bonds is 2. The van der Waals surface area contributed by atoms with E-state index in [1.165, 1.54) is 6.07 Å². The number of ether oxygens (including phenoxy) is 1. The minimum Gasteiger partial charge on any atom is -0.496 e. The molecule has 1 saturated carbocycles. The van der Waals surface area contributed by atoms with E-state index in [1.807, 2.05) is 0 Å². The van der Waals surface area contributed by atoms with Gasteiger partial charge in [-0.2, -0.15) is 0 Å². The molecule has 1 aliphatic rings. The number of halogens is 2. The van der Waals surface area contributed by atoms with Crippen LogP contribution in [0.2, 0.25) is 0 Å². The number of nitrogens with two attached hydrogens (primary N) is 1. The van der Waals surface area contributed by atoms with E-state index in [2.05, 4.69) is 15.9 Å². The first-order valence-corrected chi connectivity index (χ1v) is 5.18. The molecule has 0 saturated heterocycles. The van der Waals surface area contributed by atoms with Gasteiger partial charge < -0.3 is 10.5 Å². The molecule has 0 aliphatic heterocycles. The highest BCUT2D eigenvalue weighted by molar-refractivity contribution is 9.10. The molecule has 0 bridgehead atoms. The number of methoxy groups -OCH3 is 1. The fourth-order valence-electron chi connectivity index (χ4n) is 1.47. The summed E-state index contributed by atoms with van der Waals surface area (Å²) in [4.78, 5) is 0. The lowest BCUT2D eigenvalue weighted by molar-refractivity contribution is 0.408. The molecule has 1 aromatic carbocycles. The molecule has 0 radical (unpaired) electrons. The second-order valence-electron chi connectivity index (χ2n) is 3.62. The van der Waals surface area contributed by atoms with Crippen molar-refractivity contribution in [2.24, 2.45) is 5.73 Å². The van der Waals surface area contributed by atoms with Gasteiger partial charge in [-0.25, -0.2) is 4.39 Å². The SMILES string of the molecule is COc1cc(C2(N)CC2)c(F)cc1Br. The summed E-state index contributed by atoms with van der Waals surface area (Å²) in [5.74, 6) is 0.357. The Morgan fingerprint density at radius 3 is 2.64 bits per heavy atom. The van der Waals surface area contributed by atoms with Crippen LogP contribution < -0.4 is 10.5 Å². The van der Waals surface area contributed by atoms with Crippen LogP contribution in [0.1, 0.15) is 18.4 Å². The Labute approximate surface area is 90.4 Å². The summed E-state index contributed by atoms with van der Waals surface area (Å²) in [5, 5.41) is 0. The molecule has 1 aliphatic carbocycles. The summed E-state index contributed by atoms with van der Waals surface area (Å²) in [6, 6.07) is 3.08. The standard InChI is InChI=1S/C10H11BrFNO/c1-14-9-4-6(10(13)2-3-10)8(12)5-7(9)11/h4-5H,2-3,13H2,1H3. The molecule has 14 heavy (non-hydrogen) atoms. The van der Waals surface area contributed by atoms with Crippen LogP contribution in [-0.2, 0) is 5.54 Å². The van der Waals surface area contributed by atoms with E-state index in [4.69, 9.17) is 10.5 Å². The van der Waals surface area contributed by atoms with Gasteiger partial charge in [0.1, 0.15) is 11.6 Å². The van der Waals surface area contributed by atoms with Crippen molar-refractivity contribution in [3.63, 3.8) is 0 Å². The van der Waals surface area contributed by atoms with Crippen LogP contribution in [0.4, 0.5) is 4.39 Å². The maximum absolute atomic E-state index is 13.5. The second-order valence-corrected chi connectivity index (χ2v) is 4.48. The van der Waals surface area contributed by atoms with Crippen molar-refractivity contribution in [1.29, 1.82) is 0 Å². The van der Waals surface area contributed by atoms with Crippen molar-refractivity contribution in [3.05, 3.63) is 28.0 Å². The van der Waals surface area contributed by atoms with Crippen LogP contribution in [0.15, 0.2) is 16.6 Å². The maximum Gasteiger partial charge on any atom is 0.133 e. The molecule has 4 heteroatoms. The Morgan fingerprint density at radius 1 is 1.50 bits per heavy atom. The van der Waals surface area contributed by atoms with Crippen molar-refractivity contribution >= 4 is 15.9 Å². The van der Waals surface area contributed by atoms with Crippen molar-refractivity contribution in [2.75, 3.05) is 7.11 Å². The summed E-state index contributed by atoms with van der Waals surface area (Å²) in [7, 11) is 1.55. The molecule has 0 unspecified atom stereocenters. The zero-order valence-corrected chi connectivity index (χ0v) is 9.40. The van der Waals surface area contributed by atoms with Gasteiger partial charge in [0.25, 0.3) is 0 Å². The largest absolute Gasteiger partial charge is 0.496 e. The van der Waals surface area contributed by atoms with Gasteiger partial charge >= 0.3 is 0 Å². The summed E-state index contributed by atoms with van der Waals surface area (Å²) < 4.78 is 19.2. The molecule has 2 N–H and O–H groups in total. The fraction of sp³-hybridized carbons (Fsp3) is 0.400. The van der Waals surface area contributed by atoms with E-state index in [9.17, 15) is 4.39 Å². The highest BCUT2D eigenvalue weighted by atomic mass is 79.9. The van der Waals surface area contributed by atoms with Gasteiger partial charge in [-0.05, 0) is 40.9 Å². The Kier molecular flexibility index (Phi) is 2.27. The molecule has 76 valence electrons. The quantitative estimate of drug-likeness (QED) is 0.886. The van der Waals surface area contributed by atoms with Gasteiger partial charge in [0.15, 0.2) is 0 Å². The third-order valence-electron chi connectivity index (χ3n) is 2.57. The Balaban J connectivity index is 2.50. The van der Waals surface area contributed by atoms with Crippen molar-refractivity contribution < 1.29 is 9.13 Å². The predicted octanol–water partition coefficient (Wildman–Crippen LogP) is 2.54. The molecule has 0 spiro atoms. The van der Waals surface area contributed by atoms with Crippen molar-refractivity contribution in [2.45, 2.75) is 18.4 Å². The van der Waals surface area contributed by atoms with E-state index in [-0.39, 0.29) is 5.82 Å². The Morgan fingerprint density at radius 2 is 2.14 bits per heavy atom. The van der Waals surface area contributed by atoms with Crippen LogP contribution in [0, 0.1) is 5.82 Å². The first-order valence-electron chi connectivity index (χ1n) is 4.39. The average molecular weight is 260 g/mol. The molecule has 0 aromatic heterocycles. The minimum absolute atomic E-state index is 0.266. The monoisotopic (exact) mass is 259 g/mol. The molecule has 1 fully saturated rings. The van der Waals surface area contributed by atoms with E-state index in [1.54, 1.807) is 13.2 Å². The topological polar surface area (TPSA) is 35.2 Å². The van der Waals surface area contributed by atoms with Gasteiger partial charge in [-0.15, -0.1) is 0 Å². The lowest BCUT2D eigenvalue weighted by Gasteiger charge is -2.13. The Bertz CT molecular complexity index is 377. The second kappa shape index (κ2) is 3.21. The molecular formula is C10H11BrFNO. The van der Waals surface area contributed by atoms with Gasteiger partial charge in [0, 0.05) is 11.1 Å². The van der Waals surface area contributed by atoms with Gasteiger partial charge in [-0.1, -0.05) is 0 Å². The van der Waals surface area contributed by atoms with E-state index >= 15 is 0 Å². The molecular weight excluding hydrogens is 249 g/mol. The normalized spacial score (nSPS) is 18.0. The van der Waals surface area contributed by atoms with Crippen LogP contribution in [0.3, 0.4) is 0 Å². The maximum atomic E-state index is 13.5. The zero-order chi connectivity index (χ0) is 10.3. The lowest BCUT2D eigenvalue weighted by Crippen LogP contribution is -2.20. The van der Waals surface area contributed by atoms with Crippen molar-refractivity contribution in [3.8, 4) is 5.75 Å². The van der Waals surface area contributed by atoms with Crippen LogP contribution >= 0.6 is 15.9 Å². The highest BCUT2D eigenvalue weighted by Gasteiger charge is 2.42. The molecule has 2 rings (SSSR count). The molecule has 2 nitrogen and oxygen atoms in total. The summed E-state index contributed by atoms with van der Waals surface area (Å²) in [6.07, 6.45) is 1.68. The van der Waals surface area contributed by atoms with Crippen molar-refractivity contribution in [1.82, 2.24) is 0 Å². The highest BCUT2D eigenvalue weighted by Crippen LogP contribution is 2.45. The van der Waals surface area contributed by atoms with E-state index in [0.29, 0.717) is 15.8 Å². The number of benzene rings is 1. The fourth-order valence-corrected chi connectivity index (χ4v) is 1.95. The summed E-state index contributed by atoms with van der Waals surface area (Å²) >= 11 is 3.22. The molecule has 0 atom stereocenters. The molecule has 1 aromatic rings. The zero-order valence-electron chi connectivity index (χ0n) is 7.81. The van der Waals surface area contributed by atoms with Crippen LogP contribution in [0.25, 0.3) is 0 Å². The average Bonchev–Trinajstić information content (AvgIpc) is 2.85. The number of hydrogen-bond acceptors (Lipinski definition) is 2. The summed E-state index contributed by atoms with van der Waals surface area (Å²) in [6.45, 7) is 0. The lowest BCUT2D eigenvalue weighted by atomic mass is 10.1. The third-order valence-corrected chi connectivity index (χ3v) is 3.19. The van der Waals surface area contributed by atoms with Gasteiger partial charge in [0.2, 0.25) is 0 Å².